The third kappa shape index (κ3) is 4.55. The second kappa shape index (κ2) is 7.58. The van der Waals surface area contributed by atoms with E-state index in [-0.39, 0.29) is 0 Å². The van der Waals surface area contributed by atoms with Gasteiger partial charge in [-0.05, 0) is 37.6 Å². The number of benzene rings is 2. The molecule has 2 nitrogen and oxygen atoms in total. The Morgan fingerprint density at radius 1 is 1.10 bits per heavy atom. The molecule has 0 aliphatic rings. The Hall–Kier alpha value is -1.38. The molecule has 0 fully saturated rings. The highest BCUT2D eigenvalue weighted by atomic mass is 35.5. The van der Waals surface area contributed by atoms with Crippen molar-refractivity contribution in [3.05, 3.63) is 57.6 Å². The molecule has 0 atom stereocenters. The van der Waals surface area contributed by atoms with Crippen LogP contribution in [-0.4, -0.2) is 6.61 Å². The molecule has 112 valence electrons. The van der Waals surface area contributed by atoms with Crippen LogP contribution in [0.4, 0.5) is 5.69 Å². The summed E-state index contributed by atoms with van der Waals surface area (Å²) in [4.78, 5) is 0. The minimum atomic E-state index is 0.552. The molecule has 0 saturated carbocycles. The van der Waals surface area contributed by atoms with E-state index in [1.807, 2.05) is 18.2 Å². The molecule has 1 N–H and O–H groups in total. The number of ether oxygens (including phenoxy) is 1. The van der Waals surface area contributed by atoms with E-state index in [0.717, 1.165) is 17.7 Å². The lowest BCUT2D eigenvalue weighted by molar-refractivity contribution is 0.314. The predicted octanol–water partition coefficient (Wildman–Crippen LogP) is 5.70. The van der Waals surface area contributed by atoms with Gasteiger partial charge in [-0.3, -0.25) is 0 Å². The number of hydrogen-bond acceptors (Lipinski definition) is 2. The molecule has 0 spiro atoms. The normalized spacial score (nSPS) is 10.5. The molecule has 21 heavy (non-hydrogen) atoms. The Kier molecular flexibility index (Phi) is 5.77. The molecule has 4 heteroatoms. The van der Waals surface area contributed by atoms with Crippen LogP contribution >= 0.6 is 23.2 Å². The first-order valence-electron chi connectivity index (χ1n) is 7.01. The Morgan fingerprint density at radius 3 is 2.48 bits per heavy atom. The summed E-state index contributed by atoms with van der Waals surface area (Å²) in [6, 6.07) is 11.8. The standard InChI is InChI=1S/C17H19Cl2NO/c1-3-8-21-17-13(9-14(18)10-16(17)19)11-20-15-6-4-12(2)5-7-15/h4-7,9-10,20H,3,8,11H2,1-2H3. The fourth-order valence-electron chi connectivity index (χ4n) is 1.98. The highest BCUT2D eigenvalue weighted by Gasteiger charge is 2.10. The van der Waals surface area contributed by atoms with Crippen molar-refractivity contribution in [3.8, 4) is 5.75 Å². The van der Waals surface area contributed by atoms with Crippen LogP contribution in [0.2, 0.25) is 10.0 Å². The maximum Gasteiger partial charge on any atom is 0.142 e. The Balaban J connectivity index is 2.15. The molecule has 2 aromatic carbocycles. The molecule has 2 aromatic rings. The van der Waals surface area contributed by atoms with Gasteiger partial charge in [-0.2, -0.15) is 0 Å². The van der Waals surface area contributed by atoms with Gasteiger partial charge >= 0.3 is 0 Å². The summed E-state index contributed by atoms with van der Waals surface area (Å²) >= 11 is 12.3. The van der Waals surface area contributed by atoms with Crippen LogP contribution in [-0.2, 0) is 6.54 Å². The van der Waals surface area contributed by atoms with Crippen LogP contribution in [0.15, 0.2) is 36.4 Å². The zero-order valence-electron chi connectivity index (χ0n) is 12.2. The number of hydrogen-bond donors (Lipinski definition) is 1. The lowest BCUT2D eigenvalue weighted by Crippen LogP contribution is -2.05. The molecule has 0 bridgehead atoms. The van der Waals surface area contributed by atoms with Crippen molar-refractivity contribution in [1.29, 1.82) is 0 Å². The number of anilines is 1. The third-order valence-electron chi connectivity index (χ3n) is 3.07. The monoisotopic (exact) mass is 323 g/mol. The zero-order chi connectivity index (χ0) is 15.2. The average molecular weight is 324 g/mol. The minimum Gasteiger partial charge on any atom is -0.492 e. The van der Waals surface area contributed by atoms with Gasteiger partial charge in [0.1, 0.15) is 5.75 Å². The molecule has 0 aliphatic carbocycles. The summed E-state index contributed by atoms with van der Waals surface area (Å²) in [5.74, 6) is 0.711. The largest absolute Gasteiger partial charge is 0.492 e. The molecule has 0 amide bonds. The van der Waals surface area contributed by atoms with E-state index in [1.54, 1.807) is 6.07 Å². The summed E-state index contributed by atoms with van der Waals surface area (Å²) in [6.07, 6.45) is 0.934. The van der Waals surface area contributed by atoms with Gasteiger partial charge < -0.3 is 10.1 Å². The molecular formula is C17H19Cl2NO. The van der Waals surface area contributed by atoms with Crippen LogP contribution in [0.1, 0.15) is 24.5 Å². The van der Waals surface area contributed by atoms with Crippen LogP contribution in [0.3, 0.4) is 0 Å². The summed E-state index contributed by atoms with van der Waals surface area (Å²) in [7, 11) is 0. The second-order valence-electron chi connectivity index (χ2n) is 4.94. The first-order valence-corrected chi connectivity index (χ1v) is 7.77. The van der Waals surface area contributed by atoms with Crippen molar-refractivity contribution in [3.63, 3.8) is 0 Å². The van der Waals surface area contributed by atoms with Crippen molar-refractivity contribution in [2.75, 3.05) is 11.9 Å². The third-order valence-corrected chi connectivity index (χ3v) is 3.57. The maximum absolute atomic E-state index is 6.24. The average Bonchev–Trinajstić information content (AvgIpc) is 2.45. The fourth-order valence-corrected chi connectivity index (χ4v) is 2.57. The van der Waals surface area contributed by atoms with E-state index in [0.29, 0.717) is 28.9 Å². The maximum atomic E-state index is 6.24. The number of nitrogens with one attached hydrogen (secondary N) is 1. The summed E-state index contributed by atoms with van der Waals surface area (Å²) in [5.41, 5.74) is 3.25. The van der Waals surface area contributed by atoms with E-state index in [2.05, 4.69) is 31.3 Å². The number of aryl methyl sites for hydroxylation is 1. The highest BCUT2D eigenvalue weighted by molar-refractivity contribution is 6.35. The fraction of sp³-hybridized carbons (Fsp3) is 0.294. The van der Waals surface area contributed by atoms with Gasteiger partial charge in [0, 0.05) is 22.8 Å². The van der Waals surface area contributed by atoms with Gasteiger partial charge in [0.2, 0.25) is 0 Å². The molecule has 0 aromatic heterocycles. The molecule has 0 saturated heterocycles. The predicted molar refractivity (Wildman–Crippen MR) is 90.8 cm³/mol. The summed E-state index contributed by atoms with van der Waals surface area (Å²) in [6.45, 7) is 5.38. The topological polar surface area (TPSA) is 21.3 Å². The molecule has 0 unspecified atom stereocenters. The lowest BCUT2D eigenvalue weighted by Gasteiger charge is -2.14. The van der Waals surface area contributed by atoms with E-state index < -0.39 is 0 Å². The Morgan fingerprint density at radius 2 is 1.81 bits per heavy atom. The Labute approximate surface area is 136 Å². The summed E-state index contributed by atoms with van der Waals surface area (Å²) in [5, 5.41) is 4.53. The second-order valence-corrected chi connectivity index (χ2v) is 5.79. The van der Waals surface area contributed by atoms with Gasteiger partial charge in [-0.15, -0.1) is 0 Å². The zero-order valence-corrected chi connectivity index (χ0v) is 13.8. The van der Waals surface area contributed by atoms with Crippen LogP contribution in [0, 0.1) is 6.92 Å². The van der Waals surface area contributed by atoms with E-state index in [4.69, 9.17) is 27.9 Å². The van der Waals surface area contributed by atoms with Crippen molar-refractivity contribution in [2.24, 2.45) is 0 Å². The first kappa shape index (κ1) is 16.0. The van der Waals surface area contributed by atoms with Crippen LogP contribution < -0.4 is 10.1 Å². The molecule has 2 rings (SSSR count). The Bertz CT molecular complexity index is 596. The molecule has 0 heterocycles. The van der Waals surface area contributed by atoms with E-state index >= 15 is 0 Å². The SMILES string of the molecule is CCCOc1c(Cl)cc(Cl)cc1CNc1ccc(C)cc1. The smallest absolute Gasteiger partial charge is 0.142 e. The van der Waals surface area contributed by atoms with E-state index in [9.17, 15) is 0 Å². The highest BCUT2D eigenvalue weighted by Crippen LogP contribution is 2.33. The lowest BCUT2D eigenvalue weighted by atomic mass is 10.2. The van der Waals surface area contributed by atoms with E-state index in [1.165, 1.54) is 5.56 Å². The van der Waals surface area contributed by atoms with Gasteiger partial charge in [0.15, 0.2) is 0 Å². The molecule has 0 radical (unpaired) electrons. The first-order chi connectivity index (χ1) is 10.1. The number of rotatable bonds is 6. The number of halogens is 2. The van der Waals surface area contributed by atoms with Gasteiger partial charge in [0.05, 0.1) is 11.6 Å². The van der Waals surface area contributed by atoms with Gasteiger partial charge in [-0.25, -0.2) is 0 Å². The molecule has 0 aliphatic heterocycles. The van der Waals surface area contributed by atoms with Crippen LogP contribution in [0.25, 0.3) is 0 Å². The van der Waals surface area contributed by atoms with Crippen molar-refractivity contribution < 1.29 is 4.74 Å². The molecular weight excluding hydrogens is 305 g/mol. The summed E-state index contributed by atoms with van der Waals surface area (Å²) < 4.78 is 5.75. The quantitative estimate of drug-likeness (QED) is 0.735. The van der Waals surface area contributed by atoms with Crippen molar-refractivity contribution >= 4 is 28.9 Å². The van der Waals surface area contributed by atoms with Crippen molar-refractivity contribution in [2.45, 2.75) is 26.8 Å². The minimum absolute atomic E-state index is 0.552. The van der Waals surface area contributed by atoms with Gasteiger partial charge in [-0.1, -0.05) is 47.8 Å². The van der Waals surface area contributed by atoms with Gasteiger partial charge in [0.25, 0.3) is 0 Å². The van der Waals surface area contributed by atoms with Crippen molar-refractivity contribution in [1.82, 2.24) is 0 Å². The van der Waals surface area contributed by atoms with Crippen LogP contribution in [0.5, 0.6) is 5.75 Å².